The smallest absolute Gasteiger partial charge is 0.290 e. The van der Waals surface area contributed by atoms with E-state index in [9.17, 15) is 9.59 Å². The van der Waals surface area contributed by atoms with Crippen molar-refractivity contribution in [2.45, 2.75) is 44.7 Å². The monoisotopic (exact) mass is 293 g/mol. The Bertz CT molecular complexity index is 471. The van der Waals surface area contributed by atoms with Crippen molar-refractivity contribution in [2.24, 2.45) is 5.73 Å². The van der Waals surface area contributed by atoms with Gasteiger partial charge in [-0.05, 0) is 44.7 Å². The molecular weight excluding hydrogens is 270 g/mol. The fourth-order valence-corrected chi connectivity index (χ4v) is 2.53. The summed E-state index contributed by atoms with van der Waals surface area (Å²) in [6, 6.07) is 2.94. The van der Waals surface area contributed by atoms with Gasteiger partial charge in [0.25, 0.3) is 5.91 Å². The van der Waals surface area contributed by atoms with Gasteiger partial charge in [0.1, 0.15) is 6.04 Å². The Morgan fingerprint density at radius 2 is 2.33 bits per heavy atom. The maximum atomic E-state index is 12.4. The number of nitrogens with two attached hydrogens (primary N) is 1. The predicted octanol–water partition coefficient (Wildman–Crippen LogP) is 1.13. The van der Waals surface area contributed by atoms with Gasteiger partial charge in [-0.2, -0.15) is 0 Å². The van der Waals surface area contributed by atoms with Gasteiger partial charge in [-0.3, -0.25) is 9.59 Å². The van der Waals surface area contributed by atoms with Crippen molar-refractivity contribution in [3.8, 4) is 0 Å². The molecule has 2 amide bonds. The van der Waals surface area contributed by atoms with Crippen LogP contribution in [-0.2, 0) is 4.79 Å². The van der Waals surface area contributed by atoms with Crippen molar-refractivity contribution < 1.29 is 14.0 Å². The van der Waals surface area contributed by atoms with E-state index in [1.54, 1.807) is 17.0 Å². The highest BCUT2D eigenvalue weighted by molar-refractivity contribution is 5.95. The molecule has 1 fully saturated rings. The van der Waals surface area contributed by atoms with E-state index in [0.29, 0.717) is 19.5 Å². The van der Waals surface area contributed by atoms with Crippen LogP contribution < -0.4 is 11.1 Å². The van der Waals surface area contributed by atoms with Crippen LogP contribution in [0.25, 0.3) is 0 Å². The zero-order valence-corrected chi connectivity index (χ0v) is 12.4. The third-order valence-corrected chi connectivity index (χ3v) is 3.70. The number of hydrogen-bond acceptors (Lipinski definition) is 4. The summed E-state index contributed by atoms with van der Waals surface area (Å²) in [5.41, 5.74) is 5.67. The minimum absolute atomic E-state index is 0.0532. The van der Waals surface area contributed by atoms with Crippen LogP contribution in [0, 0.1) is 0 Å². The average Bonchev–Trinajstić information content (AvgIpc) is 3.00. The Hall–Kier alpha value is -1.82. The summed E-state index contributed by atoms with van der Waals surface area (Å²) < 4.78 is 5.15. The second-order valence-electron chi connectivity index (χ2n) is 5.54. The molecule has 6 heteroatoms. The number of nitrogens with one attached hydrogen (secondary N) is 1. The van der Waals surface area contributed by atoms with E-state index in [-0.39, 0.29) is 23.6 Å². The fourth-order valence-electron chi connectivity index (χ4n) is 2.53. The molecule has 0 bridgehead atoms. The normalized spacial score (nSPS) is 20.1. The van der Waals surface area contributed by atoms with Gasteiger partial charge in [-0.25, -0.2) is 0 Å². The Balaban J connectivity index is 1.98. The third-order valence-electron chi connectivity index (χ3n) is 3.70. The van der Waals surface area contributed by atoms with Crippen LogP contribution in [0.3, 0.4) is 0 Å². The van der Waals surface area contributed by atoms with Gasteiger partial charge in [0.05, 0.1) is 6.26 Å². The first-order valence-corrected chi connectivity index (χ1v) is 7.47. The predicted molar refractivity (Wildman–Crippen MR) is 78.7 cm³/mol. The van der Waals surface area contributed by atoms with Crippen LogP contribution in [0.4, 0.5) is 0 Å². The minimum atomic E-state index is -0.413. The van der Waals surface area contributed by atoms with Crippen LogP contribution in [0.15, 0.2) is 22.8 Å². The zero-order chi connectivity index (χ0) is 15.2. The van der Waals surface area contributed by atoms with Crippen LogP contribution in [-0.4, -0.2) is 41.9 Å². The molecule has 2 rings (SSSR count). The number of nitrogens with zero attached hydrogens (tertiary/aromatic N) is 1. The average molecular weight is 293 g/mol. The topological polar surface area (TPSA) is 88.6 Å². The van der Waals surface area contributed by atoms with Gasteiger partial charge in [-0.15, -0.1) is 0 Å². The zero-order valence-electron chi connectivity index (χ0n) is 12.4. The van der Waals surface area contributed by atoms with Crippen LogP contribution in [0.2, 0.25) is 0 Å². The quantitative estimate of drug-likeness (QED) is 0.851. The van der Waals surface area contributed by atoms with E-state index >= 15 is 0 Å². The minimum Gasteiger partial charge on any atom is -0.459 e. The van der Waals surface area contributed by atoms with E-state index in [1.165, 1.54) is 6.26 Å². The number of likely N-dealkylation sites (tertiary alicyclic amines) is 1. The summed E-state index contributed by atoms with van der Waals surface area (Å²) in [5.74, 6) is -0.0346. The van der Waals surface area contributed by atoms with Gasteiger partial charge < -0.3 is 20.4 Å². The lowest BCUT2D eigenvalue weighted by molar-refractivity contribution is -0.126. The highest BCUT2D eigenvalue weighted by atomic mass is 16.3. The lowest BCUT2D eigenvalue weighted by Crippen LogP contribution is -2.52. The Kier molecular flexibility index (Phi) is 5.38. The number of rotatable bonds is 5. The number of piperidine rings is 1. The standard InChI is InChI=1S/C15H23N3O3/c1-11(16)7-8-17-14(19)12-5-2-3-9-18(12)15(20)13-6-4-10-21-13/h4,6,10-12H,2-3,5,7-9,16H2,1H3,(H,17,19). The van der Waals surface area contributed by atoms with E-state index < -0.39 is 6.04 Å². The Labute approximate surface area is 124 Å². The summed E-state index contributed by atoms with van der Waals surface area (Å²) in [6.45, 7) is 3.03. The number of carbonyl (C=O) groups is 2. The molecule has 1 aliphatic rings. The Morgan fingerprint density at radius 1 is 1.52 bits per heavy atom. The van der Waals surface area contributed by atoms with Gasteiger partial charge in [0.2, 0.25) is 5.91 Å². The maximum Gasteiger partial charge on any atom is 0.290 e. The second-order valence-corrected chi connectivity index (χ2v) is 5.54. The van der Waals surface area contributed by atoms with E-state index in [1.807, 2.05) is 6.92 Å². The molecule has 0 spiro atoms. The molecular formula is C15H23N3O3. The van der Waals surface area contributed by atoms with E-state index in [4.69, 9.17) is 10.2 Å². The van der Waals surface area contributed by atoms with E-state index in [2.05, 4.69) is 5.32 Å². The first-order chi connectivity index (χ1) is 10.1. The van der Waals surface area contributed by atoms with Crippen molar-refractivity contribution in [3.05, 3.63) is 24.2 Å². The van der Waals surface area contributed by atoms with Crippen LogP contribution in [0.1, 0.15) is 43.2 Å². The summed E-state index contributed by atoms with van der Waals surface area (Å²) >= 11 is 0. The Morgan fingerprint density at radius 3 is 3.00 bits per heavy atom. The van der Waals surface area contributed by atoms with Crippen LogP contribution in [0.5, 0.6) is 0 Å². The molecule has 2 atom stereocenters. The lowest BCUT2D eigenvalue weighted by Gasteiger charge is -2.34. The molecule has 21 heavy (non-hydrogen) atoms. The molecule has 2 heterocycles. The van der Waals surface area contributed by atoms with Crippen molar-refractivity contribution in [3.63, 3.8) is 0 Å². The van der Waals surface area contributed by atoms with Gasteiger partial charge >= 0.3 is 0 Å². The van der Waals surface area contributed by atoms with Crippen molar-refractivity contribution in [2.75, 3.05) is 13.1 Å². The molecule has 1 aromatic heterocycles. The molecule has 0 radical (unpaired) electrons. The van der Waals surface area contributed by atoms with Crippen molar-refractivity contribution in [1.82, 2.24) is 10.2 Å². The van der Waals surface area contributed by atoms with Gasteiger partial charge in [0, 0.05) is 19.1 Å². The summed E-state index contributed by atoms with van der Waals surface area (Å²) in [6.07, 6.45) is 4.75. The van der Waals surface area contributed by atoms with E-state index in [0.717, 1.165) is 19.3 Å². The molecule has 3 N–H and O–H groups in total. The fraction of sp³-hybridized carbons (Fsp3) is 0.600. The molecule has 1 aromatic rings. The lowest BCUT2D eigenvalue weighted by atomic mass is 10.0. The van der Waals surface area contributed by atoms with Crippen molar-refractivity contribution in [1.29, 1.82) is 0 Å². The summed E-state index contributed by atoms with van der Waals surface area (Å²) in [5, 5.41) is 2.87. The summed E-state index contributed by atoms with van der Waals surface area (Å²) in [4.78, 5) is 26.3. The number of amides is 2. The first-order valence-electron chi connectivity index (χ1n) is 7.47. The van der Waals surface area contributed by atoms with Crippen LogP contribution >= 0.6 is 0 Å². The van der Waals surface area contributed by atoms with Gasteiger partial charge in [0.15, 0.2) is 5.76 Å². The molecule has 1 saturated heterocycles. The largest absolute Gasteiger partial charge is 0.459 e. The number of carbonyl (C=O) groups excluding carboxylic acids is 2. The number of hydrogen-bond donors (Lipinski definition) is 2. The molecule has 0 aliphatic carbocycles. The van der Waals surface area contributed by atoms with Gasteiger partial charge in [-0.1, -0.05) is 0 Å². The molecule has 0 saturated carbocycles. The highest BCUT2D eigenvalue weighted by Gasteiger charge is 2.33. The molecule has 6 nitrogen and oxygen atoms in total. The van der Waals surface area contributed by atoms with Crippen molar-refractivity contribution >= 4 is 11.8 Å². The SMILES string of the molecule is CC(N)CCNC(=O)C1CCCCN1C(=O)c1ccco1. The molecule has 1 aliphatic heterocycles. The highest BCUT2D eigenvalue weighted by Crippen LogP contribution is 2.20. The summed E-state index contributed by atoms with van der Waals surface area (Å²) in [7, 11) is 0. The second kappa shape index (κ2) is 7.26. The molecule has 2 unspecified atom stereocenters. The first kappa shape index (κ1) is 15.6. The number of furan rings is 1. The third kappa shape index (κ3) is 4.07. The maximum absolute atomic E-state index is 12.4. The molecule has 0 aromatic carbocycles. The molecule has 116 valence electrons.